The minimum atomic E-state index is -4.58. The number of fused-ring (bicyclic) bond motifs is 1. The van der Waals surface area contributed by atoms with Crippen molar-refractivity contribution in [3.8, 4) is 0 Å². The molecule has 5 nitrogen and oxygen atoms in total. The second-order valence-corrected chi connectivity index (χ2v) is 6.55. The molecule has 0 amide bonds. The van der Waals surface area contributed by atoms with Crippen LogP contribution in [0.4, 0.5) is 13.2 Å². The van der Waals surface area contributed by atoms with Crippen LogP contribution in [0.5, 0.6) is 0 Å². The van der Waals surface area contributed by atoms with Crippen LogP contribution in [0.2, 0.25) is 0 Å². The summed E-state index contributed by atoms with van der Waals surface area (Å²) in [5.41, 5.74) is -1.09. The van der Waals surface area contributed by atoms with Crippen molar-refractivity contribution in [2.45, 2.75) is 38.0 Å². The van der Waals surface area contributed by atoms with Crippen molar-refractivity contribution in [1.82, 2.24) is 14.6 Å². The van der Waals surface area contributed by atoms with Crippen LogP contribution in [0.25, 0.3) is 5.65 Å². The van der Waals surface area contributed by atoms with Gasteiger partial charge in [-0.05, 0) is 24.3 Å². The maximum Gasteiger partial charge on any atom is 0.431 e. The third kappa shape index (κ3) is 3.77. The van der Waals surface area contributed by atoms with Crippen molar-refractivity contribution in [3.63, 3.8) is 0 Å². The van der Waals surface area contributed by atoms with E-state index in [9.17, 15) is 18.0 Å². The predicted molar refractivity (Wildman–Crippen MR) is 80.4 cm³/mol. The summed E-state index contributed by atoms with van der Waals surface area (Å²) in [5, 5.41) is 7.83. The summed E-state index contributed by atoms with van der Waals surface area (Å²) in [6, 6.07) is 1.93. The Kier molecular flexibility index (Phi) is 5.18. The van der Waals surface area contributed by atoms with Crippen LogP contribution in [0.1, 0.15) is 42.6 Å². The van der Waals surface area contributed by atoms with Gasteiger partial charge in [-0.2, -0.15) is 24.9 Å². The molecule has 0 bridgehead atoms. The van der Waals surface area contributed by atoms with Gasteiger partial charge in [-0.1, -0.05) is 13.8 Å². The van der Waals surface area contributed by atoms with Crippen molar-refractivity contribution in [2.75, 3.05) is 6.61 Å². The number of pyridine rings is 1. The Balaban J connectivity index is 2.61. The highest BCUT2D eigenvalue weighted by Crippen LogP contribution is 2.32. The van der Waals surface area contributed by atoms with Crippen LogP contribution < -0.4 is 0 Å². The lowest BCUT2D eigenvalue weighted by Crippen LogP contribution is -2.16. The summed E-state index contributed by atoms with van der Waals surface area (Å²) in [7, 11) is 0. The van der Waals surface area contributed by atoms with E-state index < -0.39 is 17.8 Å². The summed E-state index contributed by atoms with van der Waals surface area (Å²) < 4.78 is 45.5. The minimum absolute atomic E-state index is 0.0341. The number of nitrogens with zero attached hydrogens (tertiary/aromatic N) is 3. The average molecular weight is 347 g/mol. The maximum atomic E-state index is 13.3. The molecule has 0 aliphatic rings. The lowest BCUT2D eigenvalue weighted by atomic mass is 10.2. The summed E-state index contributed by atoms with van der Waals surface area (Å²) >= 11 is 1.44. The first-order valence-electron chi connectivity index (χ1n) is 6.98. The topological polar surface area (TPSA) is 56.5 Å². The average Bonchev–Trinajstić information content (AvgIpc) is 2.87. The normalized spacial score (nSPS) is 12.1. The minimum Gasteiger partial charge on any atom is -0.462 e. The molecule has 0 saturated heterocycles. The Labute approximate surface area is 135 Å². The molecule has 126 valence electrons. The molecule has 2 aromatic heterocycles. The molecule has 0 saturated carbocycles. The zero-order chi connectivity index (χ0) is 17.2. The van der Waals surface area contributed by atoms with E-state index in [1.807, 2.05) is 13.8 Å². The Hall–Kier alpha value is -1.77. The van der Waals surface area contributed by atoms with Crippen LogP contribution in [-0.4, -0.2) is 32.4 Å². The van der Waals surface area contributed by atoms with Crippen molar-refractivity contribution >= 4 is 23.4 Å². The number of carbonyl (C=O) groups is 1. The van der Waals surface area contributed by atoms with Crippen LogP contribution in [-0.2, 0) is 16.7 Å². The van der Waals surface area contributed by atoms with E-state index in [-0.39, 0.29) is 34.6 Å². The third-order valence-electron chi connectivity index (χ3n) is 2.95. The van der Waals surface area contributed by atoms with Gasteiger partial charge in [0.05, 0.1) is 12.4 Å². The fraction of sp³-hybridized carbons (Fsp3) is 0.500. The van der Waals surface area contributed by atoms with Crippen molar-refractivity contribution in [3.05, 3.63) is 29.2 Å². The van der Waals surface area contributed by atoms with E-state index in [0.29, 0.717) is 0 Å². The van der Waals surface area contributed by atoms with Gasteiger partial charge in [0.15, 0.2) is 5.65 Å². The zero-order valence-electron chi connectivity index (χ0n) is 12.8. The first-order chi connectivity index (χ1) is 10.8. The van der Waals surface area contributed by atoms with Crippen molar-refractivity contribution in [1.29, 1.82) is 0 Å². The largest absolute Gasteiger partial charge is 0.462 e. The van der Waals surface area contributed by atoms with Crippen molar-refractivity contribution < 1.29 is 22.7 Å². The first kappa shape index (κ1) is 17.6. The lowest BCUT2D eigenvalue weighted by Gasteiger charge is -2.13. The highest BCUT2D eigenvalue weighted by atomic mass is 32.2. The number of aromatic nitrogens is 3. The van der Waals surface area contributed by atoms with Crippen LogP contribution in [0.3, 0.4) is 0 Å². The first-order valence-corrected chi connectivity index (χ1v) is 8.03. The maximum absolute atomic E-state index is 13.3. The van der Waals surface area contributed by atoms with Gasteiger partial charge in [-0.25, -0.2) is 4.79 Å². The smallest absolute Gasteiger partial charge is 0.431 e. The van der Waals surface area contributed by atoms with Gasteiger partial charge in [0.2, 0.25) is 0 Å². The Morgan fingerprint density at radius 2 is 2.04 bits per heavy atom. The summed E-state index contributed by atoms with van der Waals surface area (Å²) in [4.78, 5) is 11.9. The van der Waals surface area contributed by atoms with E-state index in [1.54, 1.807) is 6.92 Å². The summed E-state index contributed by atoms with van der Waals surface area (Å²) in [6.45, 7) is 5.61. The van der Waals surface area contributed by atoms with Gasteiger partial charge < -0.3 is 4.74 Å². The standard InChI is InChI=1S/C14H16F3N3O2S/c1-4-22-13(21)9-5-6-10(14(15,16)17)20-11(7-23-8(2)3)18-19-12(9)20/h5-6,8H,4,7H2,1-3H3. The third-order valence-corrected chi connectivity index (χ3v) is 4.04. The molecule has 0 N–H and O–H groups in total. The van der Waals surface area contributed by atoms with Gasteiger partial charge in [0.25, 0.3) is 0 Å². The van der Waals surface area contributed by atoms with E-state index in [0.717, 1.165) is 16.5 Å². The number of hydrogen-bond acceptors (Lipinski definition) is 5. The molecule has 0 fully saturated rings. The van der Waals surface area contributed by atoms with E-state index in [1.165, 1.54) is 11.8 Å². The van der Waals surface area contributed by atoms with Crippen LogP contribution in [0.15, 0.2) is 12.1 Å². The van der Waals surface area contributed by atoms with E-state index in [4.69, 9.17) is 4.74 Å². The molecule has 0 unspecified atom stereocenters. The number of thioether (sulfide) groups is 1. The molecule has 0 spiro atoms. The number of carbonyl (C=O) groups excluding carboxylic acids is 1. The Morgan fingerprint density at radius 1 is 1.35 bits per heavy atom. The number of halogens is 3. The quantitative estimate of drug-likeness (QED) is 0.774. The molecule has 2 aromatic rings. The Bertz CT molecular complexity index is 713. The Morgan fingerprint density at radius 3 is 2.61 bits per heavy atom. The molecule has 2 heterocycles. The SMILES string of the molecule is CCOC(=O)c1ccc(C(F)(F)F)n2c(CSC(C)C)nnc12. The summed E-state index contributed by atoms with van der Waals surface area (Å²) in [5.74, 6) is -0.312. The van der Waals surface area contributed by atoms with Crippen LogP contribution >= 0.6 is 11.8 Å². The number of esters is 1. The molecule has 9 heteroatoms. The molecule has 0 aliphatic heterocycles. The molecule has 0 radical (unpaired) electrons. The molecule has 0 aromatic carbocycles. The lowest BCUT2D eigenvalue weighted by molar-refractivity contribution is -0.142. The second-order valence-electron chi connectivity index (χ2n) is 4.99. The molecule has 2 rings (SSSR count). The van der Waals surface area contributed by atoms with Gasteiger partial charge in [0, 0.05) is 0 Å². The number of ether oxygens (including phenoxy) is 1. The highest BCUT2D eigenvalue weighted by molar-refractivity contribution is 7.99. The van der Waals surface area contributed by atoms with Crippen LogP contribution in [0, 0.1) is 0 Å². The highest BCUT2D eigenvalue weighted by Gasteiger charge is 2.35. The number of alkyl halides is 3. The molecule has 0 atom stereocenters. The van der Waals surface area contributed by atoms with Crippen molar-refractivity contribution in [2.24, 2.45) is 0 Å². The van der Waals surface area contributed by atoms with E-state index in [2.05, 4.69) is 10.2 Å². The molecule has 0 aliphatic carbocycles. The van der Waals surface area contributed by atoms with Gasteiger partial charge in [-0.15, -0.1) is 10.2 Å². The number of rotatable bonds is 5. The molecular weight excluding hydrogens is 331 g/mol. The fourth-order valence-electron chi connectivity index (χ4n) is 1.98. The second kappa shape index (κ2) is 6.77. The van der Waals surface area contributed by atoms with Gasteiger partial charge in [0.1, 0.15) is 17.1 Å². The molecule has 23 heavy (non-hydrogen) atoms. The fourth-order valence-corrected chi connectivity index (χ4v) is 2.65. The van der Waals surface area contributed by atoms with Gasteiger partial charge >= 0.3 is 12.1 Å². The number of hydrogen-bond donors (Lipinski definition) is 0. The predicted octanol–water partition coefficient (Wildman–Crippen LogP) is 3.57. The molecular formula is C14H16F3N3O2S. The zero-order valence-corrected chi connectivity index (χ0v) is 13.7. The summed E-state index contributed by atoms with van der Waals surface area (Å²) in [6.07, 6.45) is -4.58. The van der Waals surface area contributed by atoms with E-state index >= 15 is 0 Å². The monoisotopic (exact) mass is 347 g/mol. The van der Waals surface area contributed by atoms with Gasteiger partial charge in [-0.3, -0.25) is 4.40 Å².